The predicted octanol–water partition coefficient (Wildman–Crippen LogP) is 17.9. The molecule has 0 nitrogen and oxygen atoms in total. The molecule has 2 aliphatic carbocycles. The fourth-order valence-corrected chi connectivity index (χ4v) is 10.4. The Morgan fingerprint density at radius 1 is 0.500 bits per heavy atom. The van der Waals surface area contributed by atoms with Gasteiger partial charge in [-0.2, -0.15) is 12.1 Å². The van der Waals surface area contributed by atoms with Crippen molar-refractivity contribution < 1.29 is 20.8 Å². The summed E-state index contributed by atoms with van der Waals surface area (Å²) < 4.78 is 0. The van der Waals surface area contributed by atoms with Gasteiger partial charge in [-0.15, -0.1) is 69.1 Å². The van der Waals surface area contributed by atoms with Crippen LogP contribution in [-0.4, -0.2) is 9.52 Å². The SMILES string of the molecule is CCC1(Cc2cc3c(-c4ccc5ccccc5c4)cccc3[cH-]2)CCCC1.CCC1(Cc2cc3c(-c4ccc5ccccc5c4)cccc3[cH-]2)CCCC1.C[Si]C.[Cl][Zr+2][Cl]. The van der Waals surface area contributed by atoms with E-state index in [0.29, 0.717) is 10.8 Å². The van der Waals surface area contributed by atoms with Crippen LogP contribution in [0.25, 0.3) is 65.3 Å². The van der Waals surface area contributed by atoms with Crippen molar-refractivity contribution in [2.75, 3.05) is 0 Å². The maximum absolute atomic E-state index is 4.93. The molecule has 0 atom stereocenters. The van der Waals surface area contributed by atoms with Crippen molar-refractivity contribution in [3.63, 3.8) is 0 Å². The van der Waals surface area contributed by atoms with E-state index in [9.17, 15) is 0 Å². The molecule has 0 spiro atoms. The van der Waals surface area contributed by atoms with E-state index >= 15 is 0 Å². The average Bonchev–Trinajstić information content (AvgIpc) is 4.11. The molecule has 10 rings (SSSR count). The van der Waals surface area contributed by atoms with Gasteiger partial charge in [-0.1, -0.05) is 162 Å². The van der Waals surface area contributed by atoms with Gasteiger partial charge in [-0.3, -0.25) is 0 Å². The Hall–Kier alpha value is -3.26. The fourth-order valence-electron chi connectivity index (χ4n) is 10.4. The standard InChI is InChI=1S/2C27H27.C2H6Si.2ClH.Zr/c2*1-2-27(14-5-6-15-27)19-20-16-23-10-7-11-25(26(23)17-20)24-13-12-21-8-3-4-9-22(21)18-24;1-3-2;;;/h2*3-4,7-13,16-18H,2,5-6,14-15,19H2,1H3;1-2H3;2*1H;/q2*-1;;;;+4/p-2. The Labute approximate surface area is 381 Å². The van der Waals surface area contributed by atoms with Crippen LogP contribution in [0, 0.1) is 10.8 Å². The summed E-state index contributed by atoms with van der Waals surface area (Å²) in [5.74, 6) is 0. The van der Waals surface area contributed by atoms with Crippen molar-refractivity contribution in [2.45, 2.75) is 104 Å². The molecule has 0 unspecified atom stereocenters. The molecule has 0 saturated heterocycles. The van der Waals surface area contributed by atoms with Crippen LogP contribution >= 0.6 is 17.0 Å². The second-order valence-corrected chi connectivity index (χ2v) is 22.2. The summed E-state index contributed by atoms with van der Waals surface area (Å²) >= 11 is -0.826. The fraction of sp³-hybridized carbons (Fsp3) is 0.321. The van der Waals surface area contributed by atoms with Crippen LogP contribution in [0.15, 0.2) is 146 Å². The molecule has 0 heterocycles. The van der Waals surface area contributed by atoms with Crippen molar-refractivity contribution in [3.05, 3.63) is 157 Å². The summed E-state index contributed by atoms with van der Waals surface area (Å²) in [6.07, 6.45) is 16.4. The maximum atomic E-state index is 4.93. The first-order chi connectivity index (χ1) is 29.4. The van der Waals surface area contributed by atoms with Crippen LogP contribution in [0.3, 0.4) is 0 Å². The molecule has 8 aromatic rings. The first kappa shape index (κ1) is 44.8. The normalized spacial score (nSPS) is 15.2. The summed E-state index contributed by atoms with van der Waals surface area (Å²) in [6, 6.07) is 54.3. The first-order valence-electron chi connectivity index (χ1n) is 22.3. The molecule has 4 heteroatoms. The molecule has 60 heavy (non-hydrogen) atoms. The number of rotatable bonds is 8. The van der Waals surface area contributed by atoms with Gasteiger partial charge in [-0.05, 0) is 94.2 Å². The number of hydrogen-bond acceptors (Lipinski definition) is 0. The summed E-state index contributed by atoms with van der Waals surface area (Å²) in [6.45, 7) is 9.07. The van der Waals surface area contributed by atoms with E-state index in [0.717, 1.165) is 9.52 Å². The third-order valence-electron chi connectivity index (χ3n) is 13.7. The average molecular weight is 923 g/mol. The van der Waals surface area contributed by atoms with Crippen LogP contribution in [0.4, 0.5) is 0 Å². The quantitative estimate of drug-likeness (QED) is 0.105. The van der Waals surface area contributed by atoms with Gasteiger partial charge in [0.25, 0.3) is 0 Å². The zero-order chi connectivity index (χ0) is 42.0. The van der Waals surface area contributed by atoms with Gasteiger partial charge in [0.1, 0.15) is 0 Å². The van der Waals surface area contributed by atoms with E-state index in [2.05, 4.69) is 173 Å². The van der Waals surface area contributed by atoms with Crippen LogP contribution in [0.2, 0.25) is 13.1 Å². The van der Waals surface area contributed by atoms with Gasteiger partial charge in [-0.25, -0.2) is 0 Å². The molecule has 306 valence electrons. The Morgan fingerprint density at radius 3 is 1.23 bits per heavy atom. The Bertz CT molecular complexity index is 2420. The van der Waals surface area contributed by atoms with Gasteiger partial charge in [0, 0.05) is 9.52 Å². The Morgan fingerprint density at radius 2 is 0.867 bits per heavy atom. The Kier molecular flexibility index (Phi) is 15.8. The molecule has 0 amide bonds. The molecule has 2 radical (unpaired) electrons. The molecule has 0 aromatic heterocycles. The van der Waals surface area contributed by atoms with E-state index in [1.807, 2.05) is 0 Å². The second-order valence-electron chi connectivity index (χ2n) is 17.5. The summed E-state index contributed by atoms with van der Waals surface area (Å²) in [4.78, 5) is 0. The number of halogens is 2. The van der Waals surface area contributed by atoms with Crippen molar-refractivity contribution in [2.24, 2.45) is 10.8 Å². The molecular weight excluding hydrogens is 863 g/mol. The topological polar surface area (TPSA) is 0 Å². The van der Waals surface area contributed by atoms with Gasteiger partial charge in [0.05, 0.1) is 0 Å². The predicted molar refractivity (Wildman–Crippen MR) is 264 cm³/mol. The number of hydrogen-bond donors (Lipinski definition) is 0. The number of fused-ring (bicyclic) bond motifs is 4. The minimum absolute atomic E-state index is 0.549. The third kappa shape index (κ3) is 10.5. The van der Waals surface area contributed by atoms with Crippen molar-refractivity contribution in [1.82, 2.24) is 0 Å². The van der Waals surface area contributed by atoms with Crippen LogP contribution in [-0.2, 0) is 33.7 Å². The van der Waals surface area contributed by atoms with E-state index in [-0.39, 0.29) is 0 Å². The molecule has 0 N–H and O–H groups in total. The summed E-state index contributed by atoms with van der Waals surface area (Å²) in [5, 5.41) is 10.8. The second kappa shape index (κ2) is 21.2. The molecule has 2 saturated carbocycles. The molecule has 2 aliphatic rings. The first-order valence-corrected chi connectivity index (χ1v) is 30.6. The number of benzene rings is 6. The summed E-state index contributed by atoms with van der Waals surface area (Å²) in [7, 11) is 11.0. The zero-order valence-corrected chi connectivity index (χ0v) is 41.1. The van der Waals surface area contributed by atoms with Crippen molar-refractivity contribution in [3.8, 4) is 22.3 Å². The van der Waals surface area contributed by atoms with E-state index in [1.165, 1.54) is 154 Å². The summed E-state index contributed by atoms with van der Waals surface area (Å²) in [5.41, 5.74) is 9.53. The van der Waals surface area contributed by atoms with E-state index < -0.39 is 20.8 Å². The molecule has 2 fully saturated rings. The molecular formula is C56H60Cl2SiZr. The van der Waals surface area contributed by atoms with Crippen LogP contribution in [0.5, 0.6) is 0 Å². The molecule has 0 bridgehead atoms. The van der Waals surface area contributed by atoms with E-state index in [1.54, 1.807) is 0 Å². The van der Waals surface area contributed by atoms with Gasteiger partial charge < -0.3 is 0 Å². The van der Waals surface area contributed by atoms with Gasteiger partial charge >= 0.3 is 37.9 Å². The Balaban J connectivity index is 0.000000161. The van der Waals surface area contributed by atoms with Crippen molar-refractivity contribution >= 4 is 69.6 Å². The monoisotopic (exact) mass is 920 g/mol. The van der Waals surface area contributed by atoms with E-state index in [4.69, 9.17) is 17.0 Å². The third-order valence-corrected chi connectivity index (χ3v) is 13.7. The molecule has 0 aliphatic heterocycles. The van der Waals surface area contributed by atoms with Crippen LogP contribution in [0.1, 0.15) is 89.2 Å². The minimum atomic E-state index is -0.826. The van der Waals surface area contributed by atoms with Gasteiger partial charge in [0.15, 0.2) is 0 Å². The van der Waals surface area contributed by atoms with Gasteiger partial charge in [0.2, 0.25) is 0 Å². The molecule has 8 aromatic carbocycles. The zero-order valence-electron chi connectivity index (χ0n) is 36.1. The van der Waals surface area contributed by atoms with Crippen molar-refractivity contribution in [1.29, 1.82) is 0 Å². The van der Waals surface area contributed by atoms with Crippen LogP contribution < -0.4 is 0 Å².